The summed E-state index contributed by atoms with van der Waals surface area (Å²) in [6.07, 6.45) is 5.36. The minimum Gasteiger partial charge on any atom is -0.364 e. The number of primary amides is 1. The summed E-state index contributed by atoms with van der Waals surface area (Å²) in [5, 5.41) is 12.8. The summed E-state index contributed by atoms with van der Waals surface area (Å²) in [7, 11) is 1.81. The number of amides is 1. The summed E-state index contributed by atoms with van der Waals surface area (Å²) in [4.78, 5) is 35.9. The molecule has 0 saturated heterocycles. The number of nitrogens with zero attached hydrogens (tertiary/aromatic N) is 6. The second-order valence-corrected chi connectivity index (χ2v) is 7.63. The average molecular weight is 409 g/mol. The van der Waals surface area contributed by atoms with Crippen LogP contribution >= 0.6 is 11.3 Å². The largest absolute Gasteiger partial charge is 0.364 e. The van der Waals surface area contributed by atoms with Gasteiger partial charge in [0, 0.05) is 30.7 Å². The molecule has 5 heterocycles. The summed E-state index contributed by atoms with van der Waals surface area (Å²) in [5.41, 5.74) is 7.77. The fourth-order valence-electron chi connectivity index (χ4n) is 3.37. The molecule has 4 N–H and O–H groups in total. The van der Waals surface area contributed by atoms with E-state index in [9.17, 15) is 9.59 Å². The lowest BCUT2D eigenvalue weighted by molar-refractivity contribution is 0.0995. The number of hydrogen-bond acceptors (Lipinski definition) is 7. The topological polar surface area (TPSA) is 153 Å². The smallest absolute Gasteiger partial charge is 0.291 e. The van der Waals surface area contributed by atoms with Crippen LogP contribution in [0.5, 0.6) is 0 Å². The van der Waals surface area contributed by atoms with Crippen LogP contribution in [0.1, 0.15) is 26.9 Å². The van der Waals surface area contributed by atoms with Gasteiger partial charge in [-0.15, -0.1) is 11.3 Å². The van der Waals surface area contributed by atoms with Gasteiger partial charge in [-0.3, -0.25) is 14.7 Å². The van der Waals surface area contributed by atoms with Crippen LogP contribution in [0.2, 0.25) is 0 Å². The average Bonchev–Trinajstić information content (AvgIpc) is 3.45. The van der Waals surface area contributed by atoms with Gasteiger partial charge >= 0.3 is 0 Å². The molecular weight excluding hydrogens is 394 g/mol. The minimum absolute atomic E-state index is 0.0599. The number of fused-ring (bicyclic) bond motifs is 3. The van der Waals surface area contributed by atoms with Crippen molar-refractivity contribution in [3.8, 4) is 0 Å². The van der Waals surface area contributed by atoms with Crippen LogP contribution < -0.4 is 11.3 Å². The van der Waals surface area contributed by atoms with Crippen LogP contribution in [0, 0.1) is 0 Å². The Bertz CT molecular complexity index is 1420. The highest BCUT2D eigenvalue weighted by Gasteiger charge is 2.20. The maximum atomic E-state index is 13.1. The fraction of sp³-hybridized carbons (Fsp3) is 0.176. The number of nitrogens with one attached hydrogen (secondary N) is 2. The number of nitrogens with two attached hydrogens (primary N) is 1. The number of aryl methyl sites for hydroxylation is 1. The van der Waals surface area contributed by atoms with Crippen LogP contribution in [0.25, 0.3) is 21.3 Å². The summed E-state index contributed by atoms with van der Waals surface area (Å²) in [6, 6.07) is 1.90. The van der Waals surface area contributed by atoms with Crippen molar-refractivity contribution in [3.63, 3.8) is 0 Å². The Hall–Kier alpha value is -3.80. The first-order chi connectivity index (χ1) is 14.0. The number of carbonyl (C=O) groups excluding carboxylic acids is 1. The Labute approximate surface area is 166 Å². The molecule has 0 fully saturated rings. The van der Waals surface area contributed by atoms with E-state index < -0.39 is 5.91 Å². The van der Waals surface area contributed by atoms with Crippen molar-refractivity contribution in [2.75, 3.05) is 0 Å². The molecule has 5 rings (SSSR count). The normalized spacial score (nSPS) is 11.6. The third-order valence-corrected chi connectivity index (χ3v) is 5.81. The third-order valence-electron chi connectivity index (χ3n) is 4.73. The molecule has 11 nitrogen and oxygen atoms in total. The summed E-state index contributed by atoms with van der Waals surface area (Å²) in [5.74, 6) is -0.663. The molecule has 0 aliphatic heterocycles. The number of H-pyrrole nitrogens is 2. The molecule has 0 aliphatic rings. The third kappa shape index (κ3) is 2.72. The van der Waals surface area contributed by atoms with Gasteiger partial charge in [0.2, 0.25) is 0 Å². The van der Waals surface area contributed by atoms with Crippen molar-refractivity contribution in [2.24, 2.45) is 12.8 Å². The van der Waals surface area contributed by atoms with E-state index in [-0.39, 0.29) is 17.8 Å². The van der Waals surface area contributed by atoms with Gasteiger partial charge in [0.05, 0.1) is 29.5 Å². The van der Waals surface area contributed by atoms with Crippen LogP contribution in [-0.4, -0.2) is 45.4 Å². The summed E-state index contributed by atoms with van der Waals surface area (Å²) < 4.78 is 3.96. The van der Waals surface area contributed by atoms with E-state index in [0.29, 0.717) is 17.6 Å². The van der Waals surface area contributed by atoms with Gasteiger partial charge in [0.15, 0.2) is 11.3 Å². The fourth-order valence-corrected chi connectivity index (χ4v) is 4.50. The van der Waals surface area contributed by atoms with Crippen molar-refractivity contribution in [2.45, 2.75) is 13.0 Å². The first-order valence-electron chi connectivity index (χ1n) is 8.67. The Kier molecular flexibility index (Phi) is 3.81. The van der Waals surface area contributed by atoms with E-state index in [1.807, 2.05) is 6.07 Å². The van der Waals surface area contributed by atoms with Crippen LogP contribution in [-0.2, 0) is 20.0 Å². The lowest BCUT2D eigenvalue weighted by Gasteiger charge is -2.05. The number of hydrogen-bond donors (Lipinski definition) is 3. The quantitative estimate of drug-likeness (QED) is 0.385. The van der Waals surface area contributed by atoms with Crippen LogP contribution in [0.3, 0.4) is 0 Å². The Morgan fingerprint density at radius 2 is 2.24 bits per heavy atom. The van der Waals surface area contributed by atoms with Crippen molar-refractivity contribution < 1.29 is 4.79 Å². The molecule has 0 saturated carbocycles. The Morgan fingerprint density at radius 1 is 1.38 bits per heavy atom. The lowest BCUT2D eigenvalue weighted by atomic mass is 10.3. The highest BCUT2D eigenvalue weighted by molar-refractivity contribution is 7.19. The van der Waals surface area contributed by atoms with Gasteiger partial charge < -0.3 is 15.3 Å². The molecule has 5 aromatic heterocycles. The molecule has 0 bridgehead atoms. The van der Waals surface area contributed by atoms with Crippen molar-refractivity contribution >= 4 is 38.5 Å². The maximum absolute atomic E-state index is 13.1. The molecule has 1 amide bonds. The molecule has 0 unspecified atom stereocenters. The molecule has 0 spiro atoms. The van der Waals surface area contributed by atoms with Crippen molar-refractivity contribution in [3.05, 3.63) is 57.2 Å². The lowest BCUT2D eigenvalue weighted by Crippen LogP contribution is -2.26. The Morgan fingerprint density at radius 3 is 3.00 bits per heavy atom. The standard InChI is InChI=1S/C17H15N9O2S/c1-25-13-9(14-16(25)23-11(29-14)4-8-2-3-21-24-8)5-22-26(17(13)28)6-10-12(15(18)27)20-7-19-10/h2-3,5,7H,4,6H2,1H3,(H2,18,27)(H,19,20)(H,21,24). The van der Waals surface area contributed by atoms with Crippen LogP contribution in [0.4, 0.5) is 0 Å². The van der Waals surface area contributed by atoms with Crippen molar-refractivity contribution in [1.82, 2.24) is 39.5 Å². The molecule has 0 aliphatic carbocycles. The highest BCUT2D eigenvalue weighted by atomic mass is 32.1. The zero-order chi connectivity index (χ0) is 20.1. The van der Waals surface area contributed by atoms with E-state index in [1.165, 1.54) is 22.3 Å². The molecule has 0 radical (unpaired) electrons. The number of rotatable bonds is 5. The zero-order valence-corrected chi connectivity index (χ0v) is 16.0. The molecular formula is C17H15N9O2S. The monoisotopic (exact) mass is 409 g/mol. The minimum atomic E-state index is -0.663. The molecule has 29 heavy (non-hydrogen) atoms. The second-order valence-electron chi connectivity index (χ2n) is 6.54. The van der Waals surface area contributed by atoms with Gasteiger partial charge in [0.25, 0.3) is 11.5 Å². The number of aromatic nitrogens is 8. The van der Waals surface area contributed by atoms with E-state index in [2.05, 4.69) is 30.2 Å². The Balaban J connectivity index is 1.58. The van der Waals surface area contributed by atoms with E-state index in [4.69, 9.17) is 5.73 Å². The predicted molar refractivity (Wildman–Crippen MR) is 106 cm³/mol. The number of imidazole rings is 1. The first-order valence-corrected chi connectivity index (χ1v) is 9.48. The molecule has 0 aromatic carbocycles. The van der Waals surface area contributed by atoms with Crippen LogP contribution in [0.15, 0.2) is 29.6 Å². The van der Waals surface area contributed by atoms with Gasteiger partial charge in [-0.05, 0) is 6.07 Å². The predicted octanol–water partition coefficient (Wildman–Crippen LogP) is 0.529. The molecule has 12 heteroatoms. The van der Waals surface area contributed by atoms with E-state index in [1.54, 1.807) is 24.0 Å². The van der Waals surface area contributed by atoms with Gasteiger partial charge in [-0.25, -0.2) is 14.6 Å². The van der Waals surface area contributed by atoms with E-state index in [0.717, 1.165) is 26.4 Å². The summed E-state index contributed by atoms with van der Waals surface area (Å²) in [6.45, 7) is 0.0599. The van der Waals surface area contributed by atoms with Gasteiger partial charge in [-0.1, -0.05) is 0 Å². The van der Waals surface area contributed by atoms with Crippen molar-refractivity contribution in [1.29, 1.82) is 0 Å². The van der Waals surface area contributed by atoms with Gasteiger partial charge in [-0.2, -0.15) is 10.2 Å². The van der Waals surface area contributed by atoms with Gasteiger partial charge in [0.1, 0.15) is 10.5 Å². The highest BCUT2D eigenvalue weighted by Crippen LogP contribution is 2.31. The number of carbonyl (C=O) groups is 1. The molecule has 146 valence electrons. The zero-order valence-electron chi connectivity index (χ0n) is 15.2. The maximum Gasteiger partial charge on any atom is 0.291 e. The van der Waals surface area contributed by atoms with E-state index >= 15 is 0 Å². The number of thiazole rings is 1. The summed E-state index contributed by atoms with van der Waals surface area (Å²) >= 11 is 1.53. The first kappa shape index (κ1) is 17.3. The molecule has 5 aromatic rings. The number of aromatic amines is 2. The second kappa shape index (κ2) is 6.38. The molecule has 0 atom stereocenters. The SMILES string of the molecule is Cn1c2nc(Cc3ccn[nH]3)sc2c2cnn(Cc3[nH]cnc3C(N)=O)c(=O)c21.